The maximum atomic E-state index is 13.7. The Morgan fingerprint density at radius 2 is 1.05 bits per heavy atom. The standard InChI is InChI=1S/C43H34N4O4.C42H31N5O6.2CO2/c1-24-13-15-26-7-5-11-36(41(26)46-24)44-22-34-32-21-33-30(40(29(32)17-19-38(34)48)28-9-3-4-10-31(28)43(50)51)18-20-39(49)35(33)23-45-37-12-6-8-27-16-14-25(2)47-42(27)37;1-52-42(51)26-11-3-2-10-25(26)36-27-15-17-31(43)29(21-45-32-12-4-7-23-9-6-20-44-37(23)32)39(27)53-40-28(36)16-19-35(48)30(40)22-46-33-13-5-8-24-14-18-34(41(49)50)47-38(24)33;2*2-1-3/h3-20,44-45,48H,21-23H2,1-2H3,(H,50,51);2-20,45-46H,21-22,43H2,1H3,(H,49,50);;. The van der Waals surface area contributed by atoms with Crippen molar-refractivity contribution >= 4 is 125 Å². The van der Waals surface area contributed by atoms with Gasteiger partial charge in [-0.2, -0.15) is 19.2 Å². The number of allylic oxidation sites excluding steroid dienone is 4. The van der Waals surface area contributed by atoms with Gasteiger partial charge in [-0.1, -0.05) is 121 Å². The van der Waals surface area contributed by atoms with E-state index in [1.54, 1.807) is 79.0 Å². The van der Waals surface area contributed by atoms with Crippen molar-refractivity contribution in [1.29, 1.82) is 0 Å². The number of carbonyl (C=O) groups is 4. The summed E-state index contributed by atoms with van der Waals surface area (Å²) >= 11 is 0. The van der Waals surface area contributed by atoms with E-state index in [1.165, 1.54) is 19.2 Å². The number of aromatic hydroxyl groups is 1. The molecule has 4 aromatic heterocycles. The molecule has 1 aliphatic heterocycles. The average molecular weight is 1460 g/mol. The first-order valence-corrected chi connectivity index (χ1v) is 34.4. The van der Waals surface area contributed by atoms with Crippen molar-refractivity contribution in [2.24, 2.45) is 0 Å². The van der Waals surface area contributed by atoms with Gasteiger partial charge < -0.3 is 51.5 Å². The molecule has 23 nitrogen and oxygen atoms in total. The highest BCUT2D eigenvalue weighted by molar-refractivity contribution is 6.12. The molecular weight excluding hydrogens is 1400 g/mol. The summed E-state index contributed by atoms with van der Waals surface area (Å²) in [7, 11) is 1.33. The van der Waals surface area contributed by atoms with E-state index in [-0.39, 0.29) is 66.7 Å². The first kappa shape index (κ1) is 73.3. The zero-order valence-electron chi connectivity index (χ0n) is 59.1. The first-order chi connectivity index (χ1) is 53.4. The van der Waals surface area contributed by atoms with Crippen molar-refractivity contribution in [2.45, 2.75) is 39.9 Å². The molecule has 0 amide bonds. The normalized spacial score (nSPS) is 12.0. The van der Waals surface area contributed by atoms with Crippen molar-refractivity contribution < 1.29 is 62.8 Å². The number of phenolic OH excluding ortho intramolecular Hbond substituents is 1. The van der Waals surface area contributed by atoms with Crippen LogP contribution < -0.4 is 32.4 Å². The molecule has 23 heteroatoms. The summed E-state index contributed by atoms with van der Waals surface area (Å²) in [6.45, 7) is 4.67. The third-order valence-corrected chi connectivity index (χ3v) is 19.1. The van der Waals surface area contributed by atoms with E-state index in [0.29, 0.717) is 95.7 Å². The molecule has 0 saturated carbocycles. The van der Waals surface area contributed by atoms with E-state index in [1.807, 2.05) is 147 Å². The molecule has 16 rings (SSSR count). The second kappa shape index (κ2) is 32.1. The van der Waals surface area contributed by atoms with Crippen molar-refractivity contribution in [1.82, 2.24) is 19.9 Å². The Hall–Kier alpha value is -15.1. The number of nitrogens with zero attached hydrogens (tertiary/aromatic N) is 4. The number of aromatic nitrogens is 4. The molecule has 9 N–H and O–H groups in total. The van der Waals surface area contributed by atoms with Gasteiger partial charge in [0.25, 0.3) is 0 Å². The second-order valence-electron chi connectivity index (χ2n) is 25.5. The number of ketones is 1. The van der Waals surface area contributed by atoms with Gasteiger partial charge in [0, 0.05) is 104 Å². The van der Waals surface area contributed by atoms with Crippen LogP contribution in [-0.4, -0.2) is 84.9 Å². The number of nitrogens with two attached hydrogens (primary N) is 1. The number of ether oxygens (including phenoxy) is 1. The number of carboxylic acid groups (broad SMARTS) is 2. The molecule has 542 valence electrons. The number of anilines is 5. The fraction of sp³-hybridized carbons (Fsp3) is 0.0920. The lowest BCUT2D eigenvalue weighted by atomic mass is 9.73. The lowest BCUT2D eigenvalue weighted by Gasteiger charge is -2.31. The minimum atomic E-state index is -1.15. The van der Waals surface area contributed by atoms with Crippen LogP contribution in [0.5, 0.6) is 5.75 Å². The van der Waals surface area contributed by atoms with E-state index >= 15 is 0 Å². The molecule has 0 atom stereocenters. The number of pyridine rings is 4. The van der Waals surface area contributed by atoms with Gasteiger partial charge in [0.2, 0.25) is 0 Å². The van der Waals surface area contributed by atoms with Crippen LogP contribution >= 0.6 is 0 Å². The van der Waals surface area contributed by atoms with Gasteiger partial charge in [-0.25, -0.2) is 19.4 Å². The van der Waals surface area contributed by atoms with Crippen LogP contribution in [0.2, 0.25) is 0 Å². The SMILES string of the molecule is COC(=O)c1ccccc1-c1c2ccc(=O)c(CNc3cccc4ccc(C(=O)O)nc34)c-2oc2c(CNc3cccc4cccnc34)c(N)ccc12.Cc1ccc2cccc(NCC3=C4Cc5c(ccc(O)c5CNc5cccc6ccc(C)nc56)C(c5ccccc5C(=O)O)=C4C=CC3=O)c2n1.O=C=O.O=C=O. The topological polar surface area (TPSA) is 362 Å². The highest BCUT2D eigenvalue weighted by atomic mass is 16.5. The van der Waals surface area contributed by atoms with Crippen LogP contribution in [0.3, 0.4) is 0 Å². The molecule has 5 heterocycles. The Kier molecular flexibility index (Phi) is 21.4. The van der Waals surface area contributed by atoms with E-state index < -0.39 is 17.9 Å². The smallest absolute Gasteiger partial charge is 0.373 e. The van der Waals surface area contributed by atoms with Gasteiger partial charge in [-0.15, -0.1) is 0 Å². The quantitative estimate of drug-likeness (QED) is 0.0238. The van der Waals surface area contributed by atoms with Crippen molar-refractivity contribution in [3.05, 3.63) is 313 Å². The predicted octanol–water partition coefficient (Wildman–Crippen LogP) is 15.1. The Morgan fingerprint density at radius 1 is 0.518 bits per heavy atom. The number of hydrogen-bond donors (Lipinski definition) is 8. The molecule has 3 aliphatic carbocycles. The lowest BCUT2D eigenvalue weighted by Crippen LogP contribution is -2.23. The van der Waals surface area contributed by atoms with Gasteiger partial charge in [0.1, 0.15) is 22.8 Å². The predicted molar refractivity (Wildman–Crippen MR) is 417 cm³/mol. The summed E-state index contributed by atoms with van der Waals surface area (Å²) in [6.07, 6.45) is 5.97. The molecule has 0 unspecified atom stereocenters. The third kappa shape index (κ3) is 14.7. The molecule has 0 saturated heterocycles. The monoisotopic (exact) mass is 1460 g/mol. The number of carbonyl (C=O) groups excluding carboxylic acids is 6. The number of nitrogens with one attached hydrogen (secondary N) is 4. The molecule has 0 bridgehead atoms. The molecule has 110 heavy (non-hydrogen) atoms. The summed E-state index contributed by atoms with van der Waals surface area (Å²) in [4.78, 5) is 116. The van der Waals surface area contributed by atoms with Crippen LogP contribution in [0.25, 0.3) is 82.6 Å². The second-order valence-corrected chi connectivity index (χ2v) is 25.5. The molecular formula is C87H65N9O14. The zero-order chi connectivity index (χ0) is 77.3. The Morgan fingerprint density at radius 3 is 1.65 bits per heavy atom. The first-order valence-electron chi connectivity index (χ1n) is 34.4. The van der Waals surface area contributed by atoms with Gasteiger partial charge in [-0.05, 0) is 156 Å². The molecule has 0 radical (unpaired) electrons. The number of nitrogen functional groups attached to an aromatic ring is 1. The zero-order valence-corrected chi connectivity index (χ0v) is 59.1. The highest BCUT2D eigenvalue weighted by Gasteiger charge is 2.34. The number of hydrogen-bond acceptors (Lipinski definition) is 21. The van der Waals surface area contributed by atoms with E-state index in [0.717, 1.165) is 88.8 Å². The summed E-state index contributed by atoms with van der Waals surface area (Å²) in [5.74, 6) is -2.44. The van der Waals surface area contributed by atoms with Gasteiger partial charge >= 0.3 is 30.2 Å². The van der Waals surface area contributed by atoms with Gasteiger partial charge in [0.05, 0.1) is 68.6 Å². The minimum Gasteiger partial charge on any atom is -0.508 e. The average Bonchev–Trinajstić information content (AvgIpc) is 0.736. The Balaban J connectivity index is 0.000000181. The lowest BCUT2D eigenvalue weighted by molar-refractivity contribution is -0.193. The fourth-order valence-electron chi connectivity index (χ4n) is 14.0. The number of fused-ring (bicyclic) bond motifs is 8. The van der Waals surface area contributed by atoms with Crippen molar-refractivity contribution in [2.75, 3.05) is 40.7 Å². The number of benzene rings is 9. The van der Waals surface area contributed by atoms with Crippen molar-refractivity contribution in [3.63, 3.8) is 0 Å². The number of rotatable bonds is 17. The Labute approximate surface area is 626 Å². The van der Waals surface area contributed by atoms with Crippen LogP contribution in [0, 0.1) is 13.8 Å². The maximum absolute atomic E-state index is 13.7. The van der Waals surface area contributed by atoms with E-state index in [9.17, 15) is 39.3 Å². The van der Waals surface area contributed by atoms with Crippen LogP contribution in [0.15, 0.2) is 251 Å². The fourth-order valence-corrected chi connectivity index (χ4v) is 14.0. The number of aromatic carboxylic acids is 2. The van der Waals surface area contributed by atoms with E-state index in [2.05, 4.69) is 31.2 Å². The summed E-state index contributed by atoms with van der Waals surface area (Å²) < 4.78 is 12.0. The summed E-state index contributed by atoms with van der Waals surface area (Å²) in [5, 5.41) is 49.4. The number of phenols is 1. The largest absolute Gasteiger partial charge is 0.508 e. The minimum absolute atomic E-state index is 0.0128. The number of esters is 1. The van der Waals surface area contributed by atoms with Crippen LogP contribution in [0.1, 0.15) is 76.0 Å². The van der Waals surface area contributed by atoms with E-state index in [4.69, 9.17) is 44.0 Å². The summed E-state index contributed by atoms with van der Waals surface area (Å²) in [5.41, 5.74) is 23.8. The van der Waals surface area contributed by atoms with Gasteiger partial charge in [-0.3, -0.25) is 24.5 Å². The highest BCUT2D eigenvalue weighted by Crippen LogP contribution is 2.48. The number of aryl methyl sites for hydroxylation is 2. The third-order valence-electron chi connectivity index (χ3n) is 19.1. The molecule has 8 aromatic carbocycles. The molecule has 0 spiro atoms. The molecule has 12 aromatic rings. The number of carboxylic acids is 2. The van der Waals surface area contributed by atoms with Crippen LogP contribution in [0.4, 0.5) is 28.4 Å². The molecule has 4 aliphatic rings. The van der Waals surface area contributed by atoms with Crippen molar-refractivity contribution in [3.8, 4) is 28.2 Å². The van der Waals surface area contributed by atoms with Crippen LogP contribution in [-0.2, 0) is 54.8 Å². The van der Waals surface area contributed by atoms with Gasteiger partial charge in [0.15, 0.2) is 11.2 Å². The molecule has 0 fully saturated rings. The number of para-hydroxylation sites is 4. The number of methoxy groups -OCH3 is 1. The Bertz CT molecular complexity index is 6270. The summed E-state index contributed by atoms with van der Waals surface area (Å²) in [6, 6.07) is 62.6. The maximum Gasteiger partial charge on any atom is 0.373 e.